The van der Waals surface area contributed by atoms with E-state index < -0.39 is 0 Å². The van der Waals surface area contributed by atoms with Gasteiger partial charge in [-0.3, -0.25) is 4.79 Å². The van der Waals surface area contributed by atoms with E-state index in [1.807, 2.05) is 0 Å². The molecule has 0 aromatic rings. The molecule has 2 heterocycles. The molecule has 2 aliphatic heterocycles. The van der Waals surface area contributed by atoms with Crippen molar-refractivity contribution >= 4 is 5.78 Å². The topological polar surface area (TPSA) is 26.3 Å². The number of carbonyl (C=O) groups excluding carboxylic acids is 1. The second-order valence-electron chi connectivity index (χ2n) is 5.47. The predicted molar refractivity (Wildman–Crippen MR) is 59.7 cm³/mol. The first-order valence-electron chi connectivity index (χ1n) is 6.35. The van der Waals surface area contributed by atoms with Gasteiger partial charge in [-0.05, 0) is 31.6 Å². The van der Waals surface area contributed by atoms with Crippen molar-refractivity contribution in [3.63, 3.8) is 0 Å². The molecule has 2 rings (SSSR count). The molecule has 0 saturated carbocycles. The van der Waals surface area contributed by atoms with Gasteiger partial charge in [-0.25, -0.2) is 0 Å². The highest BCUT2D eigenvalue weighted by Crippen LogP contribution is 2.39. The van der Waals surface area contributed by atoms with Crippen molar-refractivity contribution in [1.29, 1.82) is 0 Å². The standard InChI is InChI=1S/C13H22O2/c1-9(2)4-3-5-12(14)11-8-10-6-7-13(11)15-10/h9-11,13H,3-8H2,1-2H3. The summed E-state index contributed by atoms with van der Waals surface area (Å²) in [5.74, 6) is 1.42. The molecule has 3 unspecified atom stereocenters. The Labute approximate surface area is 92.4 Å². The number of rotatable bonds is 5. The SMILES string of the molecule is CC(C)CCCC(=O)C1CC2CCC1O2. The van der Waals surface area contributed by atoms with Gasteiger partial charge >= 0.3 is 0 Å². The summed E-state index contributed by atoms with van der Waals surface area (Å²) in [5, 5.41) is 0. The van der Waals surface area contributed by atoms with Crippen LogP contribution in [0.3, 0.4) is 0 Å². The van der Waals surface area contributed by atoms with Crippen LogP contribution < -0.4 is 0 Å². The lowest BCUT2D eigenvalue weighted by Gasteiger charge is -2.17. The van der Waals surface area contributed by atoms with Crippen LogP contribution in [0.4, 0.5) is 0 Å². The lowest BCUT2D eigenvalue weighted by atomic mass is 9.84. The van der Waals surface area contributed by atoms with Crippen LogP contribution in [0.25, 0.3) is 0 Å². The highest BCUT2D eigenvalue weighted by Gasteiger charge is 2.43. The minimum Gasteiger partial charge on any atom is -0.374 e. The van der Waals surface area contributed by atoms with Crippen molar-refractivity contribution in [2.75, 3.05) is 0 Å². The van der Waals surface area contributed by atoms with Crippen LogP contribution >= 0.6 is 0 Å². The summed E-state index contributed by atoms with van der Waals surface area (Å²) in [4.78, 5) is 11.9. The summed E-state index contributed by atoms with van der Waals surface area (Å²) in [6.45, 7) is 4.43. The first kappa shape index (κ1) is 11.1. The number of Topliss-reactive ketones (excluding diaryl/α,β-unsaturated/α-hetero) is 1. The van der Waals surface area contributed by atoms with Gasteiger partial charge in [-0.15, -0.1) is 0 Å². The zero-order chi connectivity index (χ0) is 10.8. The van der Waals surface area contributed by atoms with Gasteiger partial charge in [0.05, 0.1) is 12.2 Å². The molecule has 0 aliphatic carbocycles. The third-order valence-electron chi connectivity index (χ3n) is 3.72. The average molecular weight is 210 g/mol. The van der Waals surface area contributed by atoms with E-state index in [0.717, 1.165) is 25.7 Å². The molecular weight excluding hydrogens is 188 g/mol. The number of ketones is 1. The maximum absolute atomic E-state index is 11.9. The van der Waals surface area contributed by atoms with Crippen molar-refractivity contribution in [3.05, 3.63) is 0 Å². The number of ether oxygens (including phenoxy) is 1. The second-order valence-corrected chi connectivity index (χ2v) is 5.47. The largest absolute Gasteiger partial charge is 0.374 e. The molecule has 0 spiro atoms. The molecule has 2 saturated heterocycles. The molecule has 2 bridgehead atoms. The Hall–Kier alpha value is -0.370. The van der Waals surface area contributed by atoms with Crippen molar-refractivity contribution < 1.29 is 9.53 Å². The second kappa shape index (κ2) is 4.65. The molecular formula is C13H22O2. The average Bonchev–Trinajstić information content (AvgIpc) is 2.77. The van der Waals surface area contributed by atoms with Crippen LogP contribution in [-0.2, 0) is 9.53 Å². The quantitative estimate of drug-likeness (QED) is 0.697. The molecule has 15 heavy (non-hydrogen) atoms. The van der Waals surface area contributed by atoms with E-state index >= 15 is 0 Å². The Morgan fingerprint density at radius 2 is 2.20 bits per heavy atom. The Kier molecular flexibility index (Phi) is 3.45. The molecule has 2 nitrogen and oxygen atoms in total. The van der Waals surface area contributed by atoms with Crippen molar-refractivity contribution in [2.24, 2.45) is 11.8 Å². The smallest absolute Gasteiger partial charge is 0.138 e. The van der Waals surface area contributed by atoms with Gasteiger partial charge < -0.3 is 4.74 Å². The van der Waals surface area contributed by atoms with Gasteiger partial charge in [0.25, 0.3) is 0 Å². The van der Waals surface area contributed by atoms with Crippen molar-refractivity contribution in [2.45, 2.75) is 64.6 Å². The Bertz CT molecular complexity index is 235. The first-order chi connectivity index (χ1) is 7.16. The lowest BCUT2D eigenvalue weighted by Crippen LogP contribution is -2.25. The van der Waals surface area contributed by atoms with E-state index in [1.165, 1.54) is 12.8 Å². The molecule has 2 heteroatoms. The van der Waals surface area contributed by atoms with Gasteiger partial charge in [0.15, 0.2) is 0 Å². The molecule has 2 aliphatic rings. The van der Waals surface area contributed by atoms with Gasteiger partial charge in [0, 0.05) is 12.3 Å². The summed E-state index contributed by atoms with van der Waals surface area (Å²) >= 11 is 0. The van der Waals surface area contributed by atoms with Crippen LogP contribution in [0.1, 0.15) is 52.4 Å². The number of hydrogen-bond acceptors (Lipinski definition) is 2. The molecule has 86 valence electrons. The lowest BCUT2D eigenvalue weighted by molar-refractivity contribution is -0.124. The molecule has 0 radical (unpaired) electrons. The van der Waals surface area contributed by atoms with E-state index in [0.29, 0.717) is 17.8 Å². The van der Waals surface area contributed by atoms with E-state index in [-0.39, 0.29) is 12.0 Å². The number of fused-ring (bicyclic) bond motifs is 2. The summed E-state index contributed by atoms with van der Waals surface area (Å²) in [6, 6.07) is 0. The predicted octanol–water partition coefficient (Wildman–Crippen LogP) is 2.95. The van der Waals surface area contributed by atoms with Crippen LogP contribution in [0.5, 0.6) is 0 Å². The number of hydrogen-bond donors (Lipinski definition) is 0. The van der Waals surface area contributed by atoms with Crippen molar-refractivity contribution in [3.8, 4) is 0 Å². The Morgan fingerprint density at radius 3 is 2.73 bits per heavy atom. The summed E-state index contributed by atoms with van der Waals surface area (Å²) in [6.07, 6.45) is 7.00. The van der Waals surface area contributed by atoms with Crippen LogP contribution in [0.15, 0.2) is 0 Å². The van der Waals surface area contributed by atoms with E-state index in [1.54, 1.807) is 0 Å². The monoisotopic (exact) mass is 210 g/mol. The molecule has 0 N–H and O–H groups in total. The fourth-order valence-electron chi connectivity index (χ4n) is 2.85. The fraction of sp³-hybridized carbons (Fsp3) is 0.923. The summed E-state index contributed by atoms with van der Waals surface area (Å²) in [7, 11) is 0. The van der Waals surface area contributed by atoms with Gasteiger partial charge in [0.1, 0.15) is 5.78 Å². The Balaban J connectivity index is 1.72. The van der Waals surface area contributed by atoms with Crippen LogP contribution in [0.2, 0.25) is 0 Å². The van der Waals surface area contributed by atoms with E-state index in [4.69, 9.17) is 4.74 Å². The highest BCUT2D eigenvalue weighted by atomic mass is 16.5. The van der Waals surface area contributed by atoms with E-state index in [9.17, 15) is 4.79 Å². The molecule has 0 aromatic heterocycles. The minimum absolute atomic E-state index is 0.246. The normalized spacial score (nSPS) is 33.9. The zero-order valence-electron chi connectivity index (χ0n) is 9.87. The van der Waals surface area contributed by atoms with Gasteiger partial charge in [-0.2, -0.15) is 0 Å². The van der Waals surface area contributed by atoms with Crippen LogP contribution in [-0.4, -0.2) is 18.0 Å². The third kappa shape index (κ3) is 2.60. The fourth-order valence-corrected chi connectivity index (χ4v) is 2.85. The molecule has 0 aromatic carbocycles. The van der Waals surface area contributed by atoms with Gasteiger partial charge in [0.2, 0.25) is 0 Å². The maximum atomic E-state index is 11.9. The van der Waals surface area contributed by atoms with Gasteiger partial charge in [-0.1, -0.05) is 20.3 Å². The third-order valence-corrected chi connectivity index (χ3v) is 3.72. The highest BCUT2D eigenvalue weighted by molar-refractivity contribution is 5.82. The molecule has 2 fully saturated rings. The minimum atomic E-state index is 0.246. The summed E-state index contributed by atoms with van der Waals surface area (Å²) in [5.41, 5.74) is 0. The molecule has 0 amide bonds. The first-order valence-corrected chi connectivity index (χ1v) is 6.35. The van der Waals surface area contributed by atoms with Crippen LogP contribution in [0, 0.1) is 11.8 Å². The number of carbonyl (C=O) groups is 1. The van der Waals surface area contributed by atoms with Crippen molar-refractivity contribution in [1.82, 2.24) is 0 Å². The molecule has 3 atom stereocenters. The summed E-state index contributed by atoms with van der Waals surface area (Å²) < 4.78 is 5.71. The van der Waals surface area contributed by atoms with E-state index in [2.05, 4.69) is 13.8 Å². The zero-order valence-corrected chi connectivity index (χ0v) is 9.87. The Morgan fingerprint density at radius 1 is 1.40 bits per heavy atom. The maximum Gasteiger partial charge on any atom is 0.138 e.